The molecular formula is C38H61N5O7. The summed E-state index contributed by atoms with van der Waals surface area (Å²) in [6.07, 6.45) is 9.99. The molecular weight excluding hydrogens is 638 g/mol. The topological polar surface area (TPSA) is 171 Å². The number of nitrogens with one attached hydrogen (secondary N) is 4. The van der Waals surface area contributed by atoms with Gasteiger partial charge in [0.25, 0.3) is 5.91 Å². The van der Waals surface area contributed by atoms with Crippen LogP contribution in [0.25, 0.3) is 0 Å². The Morgan fingerprint density at radius 2 is 1.50 bits per heavy atom. The molecule has 0 unspecified atom stereocenters. The van der Waals surface area contributed by atoms with Gasteiger partial charge in [-0.05, 0) is 75.0 Å². The van der Waals surface area contributed by atoms with Crippen LogP contribution in [-0.4, -0.2) is 82.8 Å². The van der Waals surface area contributed by atoms with Gasteiger partial charge in [0.2, 0.25) is 29.4 Å². The molecule has 12 nitrogen and oxygen atoms in total. The summed E-state index contributed by atoms with van der Waals surface area (Å²) in [7, 11) is 0. The first-order valence-corrected chi connectivity index (χ1v) is 19.2. The van der Waals surface area contributed by atoms with Crippen molar-refractivity contribution in [1.29, 1.82) is 0 Å². The van der Waals surface area contributed by atoms with Gasteiger partial charge in [0.1, 0.15) is 12.1 Å². The zero-order valence-electron chi connectivity index (χ0n) is 31.1. The van der Waals surface area contributed by atoms with Crippen molar-refractivity contribution < 1.29 is 33.6 Å². The number of hydrogen-bond acceptors (Lipinski definition) is 7. The predicted molar refractivity (Wildman–Crippen MR) is 188 cm³/mol. The van der Waals surface area contributed by atoms with Gasteiger partial charge >= 0.3 is 0 Å². The maximum Gasteiger partial charge on any atom is 0.289 e. The van der Waals surface area contributed by atoms with E-state index < -0.39 is 53.1 Å². The second kappa shape index (κ2) is 17.3. The smallest absolute Gasteiger partial charge is 0.289 e. The van der Waals surface area contributed by atoms with Gasteiger partial charge in [-0.3, -0.25) is 33.6 Å². The minimum atomic E-state index is -0.986. The van der Waals surface area contributed by atoms with Crippen molar-refractivity contribution in [2.24, 2.45) is 29.1 Å². The largest absolute Gasteiger partial charge is 0.347 e. The van der Waals surface area contributed by atoms with Gasteiger partial charge in [0, 0.05) is 31.3 Å². The second-order valence-corrected chi connectivity index (χ2v) is 16.4. The predicted octanol–water partition coefficient (Wildman–Crippen LogP) is 3.35. The van der Waals surface area contributed by atoms with Gasteiger partial charge in [-0.15, -0.1) is 0 Å². The molecule has 0 radical (unpaired) electrons. The van der Waals surface area contributed by atoms with Gasteiger partial charge in [0.15, 0.2) is 5.78 Å². The summed E-state index contributed by atoms with van der Waals surface area (Å²) in [6.45, 7) is 11.2. The number of rotatable bonds is 16. The Labute approximate surface area is 297 Å². The molecule has 0 bridgehead atoms. The summed E-state index contributed by atoms with van der Waals surface area (Å²) < 4.78 is 0. The van der Waals surface area contributed by atoms with E-state index in [9.17, 15) is 33.6 Å². The van der Waals surface area contributed by atoms with E-state index in [-0.39, 0.29) is 60.1 Å². The van der Waals surface area contributed by atoms with E-state index in [1.807, 2.05) is 27.7 Å². The van der Waals surface area contributed by atoms with Crippen LogP contribution in [0.2, 0.25) is 0 Å². The lowest BCUT2D eigenvalue weighted by molar-refractivity contribution is -0.146. The van der Waals surface area contributed by atoms with E-state index >= 15 is 0 Å². The molecule has 4 rings (SSSR count). The normalized spacial score (nSPS) is 24.7. The van der Waals surface area contributed by atoms with Crippen molar-refractivity contribution in [3.05, 3.63) is 0 Å². The number of Topliss-reactive ketones (excluding diaryl/α,β-unsaturated/α-hetero) is 2. The van der Waals surface area contributed by atoms with Crippen LogP contribution >= 0.6 is 0 Å². The lowest BCUT2D eigenvalue weighted by Gasteiger charge is -2.38. The fourth-order valence-corrected chi connectivity index (χ4v) is 8.22. The molecule has 4 fully saturated rings. The van der Waals surface area contributed by atoms with Gasteiger partial charge < -0.3 is 26.2 Å². The molecule has 7 atom stereocenters. The van der Waals surface area contributed by atoms with E-state index in [0.29, 0.717) is 19.4 Å². The molecule has 4 aliphatic rings. The minimum Gasteiger partial charge on any atom is -0.347 e. The number of ketones is 2. The first-order valence-electron chi connectivity index (χ1n) is 19.2. The van der Waals surface area contributed by atoms with E-state index in [1.165, 1.54) is 0 Å². The SMILES string of the molecule is CCC[C@H](NC(=O)[C@@H]1[C@H]2CCC[C@H]2CN1C(=O)[C@@H](NC(=O)[C@@H](CC(=O)[C@@H](C)NC(=O)CC)C1CCCCC1)C(C)(C)C)C(=O)C(=O)NC1CC1. The summed E-state index contributed by atoms with van der Waals surface area (Å²) in [5.74, 6) is -3.60. The van der Waals surface area contributed by atoms with Crippen molar-refractivity contribution in [2.45, 2.75) is 162 Å². The highest BCUT2D eigenvalue weighted by Crippen LogP contribution is 2.43. The molecule has 4 N–H and O–H groups in total. The molecule has 3 aliphatic carbocycles. The summed E-state index contributed by atoms with van der Waals surface area (Å²) in [4.78, 5) is 95.7. The Kier molecular flexibility index (Phi) is 13.6. The third kappa shape index (κ3) is 9.93. The Balaban J connectivity index is 1.55. The van der Waals surface area contributed by atoms with Gasteiger partial charge in [0.05, 0.1) is 12.1 Å². The maximum atomic E-state index is 14.6. The summed E-state index contributed by atoms with van der Waals surface area (Å²) >= 11 is 0. The quantitative estimate of drug-likeness (QED) is 0.179. The maximum absolute atomic E-state index is 14.6. The number of nitrogens with zero attached hydrogens (tertiary/aromatic N) is 1. The first-order chi connectivity index (χ1) is 23.7. The van der Waals surface area contributed by atoms with Crippen LogP contribution in [0.5, 0.6) is 0 Å². The third-order valence-corrected chi connectivity index (χ3v) is 11.3. The van der Waals surface area contributed by atoms with Gasteiger partial charge in [-0.25, -0.2) is 0 Å². The minimum absolute atomic E-state index is 0.0114. The first kappa shape index (κ1) is 39.5. The number of likely N-dealkylation sites (tertiary alicyclic amines) is 1. The number of amides is 5. The van der Waals surface area contributed by atoms with E-state index in [4.69, 9.17) is 0 Å². The van der Waals surface area contributed by atoms with Crippen LogP contribution < -0.4 is 21.3 Å². The molecule has 1 saturated heterocycles. The average Bonchev–Trinajstić information content (AvgIpc) is 3.64. The van der Waals surface area contributed by atoms with Gasteiger partial charge in [-0.1, -0.05) is 66.7 Å². The lowest BCUT2D eigenvalue weighted by atomic mass is 9.76. The van der Waals surface area contributed by atoms with Crippen LogP contribution in [0.4, 0.5) is 0 Å². The lowest BCUT2D eigenvalue weighted by Crippen LogP contribution is -2.60. The van der Waals surface area contributed by atoms with Crippen molar-refractivity contribution in [3.8, 4) is 0 Å². The fraction of sp³-hybridized carbons (Fsp3) is 0.816. The Bertz CT molecular complexity index is 1280. The highest BCUT2D eigenvalue weighted by atomic mass is 16.2. The Morgan fingerprint density at radius 3 is 2.10 bits per heavy atom. The van der Waals surface area contributed by atoms with Crippen molar-refractivity contribution in [3.63, 3.8) is 0 Å². The fourth-order valence-electron chi connectivity index (χ4n) is 8.22. The highest BCUT2D eigenvalue weighted by Gasteiger charge is 2.52. The zero-order valence-corrected chi connectivity index (χ0v) is 31.1. The number of fused-ring (bicyclic) bond motifs is 1. The van der Waals surface area contributed by atoms with Crippen LogP contribution in [0.15, 0.2) is 0 Å². The van der Waals surface area contributed by atoms with E-state index in [0.717, 1.165) is 64.2 Å². The molecule has 0 aromatic heterocycles. The summed E-state index contributed by atoms with van der Waals surface area (Å²) in [5, 5.41) is 11.4. The van der Waals surface area contributed by atoms with Crippen molar-refractivity contribution in [1.82, 2.24) is 26.2 Å². The molecule has 12 heteroatoms. The van der Waals surface area contributed by atoms with Gasteiger partial charge in [-0.2, -0.15) is 0 Å². The molecule has 50 heavy (non-hydrogen) atoms. The zero-order chi connectivity index (χ0) is 36.7. The van der Waals surface area contributed by atoms with Crippen LogP contribution in [0, 0.1) is 29.1 Å². The number of hydrogen-bond donors (Lipinski definition) is 4. The highest BCUT2D eigenvalue weighted by molar-refractivity contribution is 6.38. The van der Waals surface area contributed by atoms with Crippen molar-refractivity contribution in [2.75, 3.05) is 6.54 Å². The standard InChI is InChI=1S/C38H61N5O7/c1-7-13-28(32(46)36(49)40-25-18-19-25)41-35(48)31-26-17-12-16-24(26)21-43(31)37(50)33(38(4,5)6)42-34(47)27(23-14-10-9-11-15-23)20-29(44)22(3)39-30(45)8-2/h22-28,31,33H,7-21H2,1-6H3,(H,39,45)(H,40,49)(H,41,48)(H,42,47)/t22-,24+,26+,27+,28+,31+,33-/m1/s1. The molecule has 0 aromatic rings. The number of carbonyl (C=O) groups is 7. The van der Waals surface area contributed by atoms with E-state index in [1.54, 1.807) is 18.7 Å². The Hall–Kier alpha value is -3.31. The van der Waals surface area contributed by atoms with Crippen molar-refractivity contribution >= 4 is 41.1 Å². The molecule has 1 heterocycles. The van der Waals surface area contributed by atoms with E-state index in [2.05, 4.69) is 21.3 Å². The second-order valence-electron chi connectivity index (χ2n) is 16.4. The monoisotopic (exact) mass is 699 g/mol. The molecule has 3 saturated carbocycles. The summed E-state index contributed by atoms with van der Waals surface area (Å²) in [5.41, 5.74) is -0.726. The average molecular weight is 700 g/mol. The molecule has 0 aromatic carbocycles. The molecule has 0 spiro atoms. The molecule has 280 valence electrons. The molecule has 1 aliphatic heterocycles. The van der Waals surface area contributed by atoms with Crippen LogP contribution in [-0.2, 0) is 33.6 Å². The summed E-state index contributed by atoms with van der Waals surface area (Å²) in [6, 6.07) is -3.50. The van der Waals surface area contributed by atoms with Crippen LogP contribution in [0.1, 0.15) is 131 Å². The third-order valence-electron chi connectivity index (χ3n) is 11.3. The number of carbonyl (C=O) groups excluding carboxylic acids is 7. The Morgan fingerprint density at radius 1 is 0.820 bits per heavy atom. The van der Waals surface area contributed by atoms with Crippen LogP contribution in [0.3, 0.4) is 0 Å². The molecule has 5 amide bonds.